The maximum atomic E-state index is 13.0. The molecule has 8 fully saturated rings. The summed E-state index contributed by atoms with van der Waals surface area (Å²) < 4.78 is 23.8. The van der Waals surface area contributed by atoms with Crippen molar-refractivity contribution in [2.75, 3.05) is 26.4 Å². The summed E-state index contributed by atoms with van der Waals surface area (Å²) in [4.78, 5) is 102. The number of benzene rings is 4. The summed E-state index contributed by atoms with van der Waals surface area (Å²) in [6, 6.07) is 34.9. The number of rotatable bonds is 61. The lowest BCUT2D eigenvalue weighted by Gasteiger charge is -2.31. The van der Waals surface area contributed by atoms with Crippen LogP contribution in [-0.2, 0) is 38.4 Å². The lowest BCUT2D eigenvalue weighted by molar-refractivity contribution is -0.137. The highest BCUT2D eigenvalue weighted by molar-refractivity contribution is 6.05. The first kappa shape index (κ1) is 118. The minimum Gasteiger partial charge on any atom is -0.494 e. The van der Waals surface area contributed by atoms with Crippen LogP contribution in [0.25, 0.3) is 0 Å². The molecule has 0 bridgehead atoms. The van der Waals surface area contributed by atoms with E-state index < -0.39 is 0 Å². The molecule has 790 valence electrons. The second-order valence-electron chi connectivity index (χ2n) is 45.9. The van der Waals surface area contributed by atoms with Gasteiger partial charge in [-0.25, -0.2) is 0 Å². The number of hydrogen-bond acceptors (Lipinski definition) is 12. The first-order chi connectivity index (χ1) is 68.9. The van der Waals surface area contributed by atoms with E-state index >= 15 is 0 Å². The molecule has 0 radical (unpaired) electrons. The molecule has 0 N–H and O–H groups in total. The average Bonchev–Trinajstić information content (AvgIpc) is 0.839. The van der Waals surface area contributed by atoms with Crippen LogP contribution in [0.3, 0.4) is 0 Å². The van der Waals surface area contributed by atoms with Gasteiger partial charge in [-0.1, -0.05) is 316 Å². The highest BCUT2D eigenvalue weighted by atomic mass is 16.5. The Morgan fingerprint density at radius 2 is 0.397 bits per heavy atom. The van der Waals surface area contributed by atoms with Gasteiger partial charge in [-0.3, -0.25) is 38.4 Å². The molecule has 12 rings (SSSR count). The standard InChI is InChI=1S/C35H56O3.C33H52O3.C31H48O3.C30H46O3/c1-3-5-7-9-11-13-25-38-32-22-20-31(21-23-32)30-18-15-29(16-19-30)27-35(37)33-24-17-28(26-34(33)36)14-12-10-8-6-4-2;1-3-5-7-8-9-11-23-36-30-20-18-29(19-21-30)28-16-13-27(14-17-28)25-33(35)31-22-15-26(24-32(31)34)12-10-6-4-2;1-3-5-6-7-8-9-21-34-28-18-16-27(17-19-28)26-14-11-25(12-15-26)23-31(33)29-20-13-24(10-4-2)22-30(29)32;1-3-5-6-7-8-9-20-33-27-17-15-26(16-18-27)25-13-10-24(11-14-25)22-30(32)28-19-12-23(4-2)21-29(28)31/h20-23,28-30,33H,3-19,24-27H2,1-2H3;18-21,26-28,31H,3-17,22-25H2,1-2H3;16-19,24-26,29H,3-15,20-23H2,1-2H3;15-18,23-25,28H,3-14,19-22H2,1-2H3/t28?,29-,30-,33?;26?,27-,28-,31?;24?,25-,26-,29?;23?,24-,25-,28?. The minimum absolute atomic E-state index is 0.214. The highest BCUT2D eigenvalue weighted by Gasteiger charge is 2.40. The smallest absolute Gasteiger partial charge is 0.143 e. The summed E-state index contributed by atoms with van der Waals surface area (Å²) >= 11 is 0. The Kier molecular flexibility index (Phi) is 58.8. The molecule has 12 nitrogen and oxygen atoms in total. The molecule has 12 heteroatoms. The van der Waals surface area contributed by atoms with Gasteiger partial charge in [-0.05, 0) is 322 Å². The number of unbranched alkanes of at least 4 members (excludes halogenated alkanes) is 26. The van der Waals surface area contributed by atoms with Crippen LogP contribution in [0.15, 0.2) is 97.1 Å². The van der Waals surface area contributed by atoms with Crippen molar-refractivity contribution in [1.29, 1.82) is 0 Å². The van der Waals surface area contributed by atoms with Crippen molar-refractivity contribution in [3.8, 4) is 23.0 Å². The third kappa shape index (κ3) is 45.0. The van der Waals surface area contributed by atoms with Gasteiger partial charge >= 0.3 is 0 Å². The van der Waals surface area contributed by atoms with Crippen molar-refractivity contribution < 1.29 is 57.3 Å². The SMILES string of the molecule is CCCCCCCCOc1ccc([C@H]2CC[C@H](CC(=O)C3CCC(CC)CC3=O)CC2)cc1.CCCCCCCCOc1ccc([C@H]2CC[C@H](CC(=O)C3CCC(CCC)CC3=O)CC2)cc1.CCCCCCCCOc1ccc([C@H]2CC[C@H](CC(=O)C3CCC(CCCCC)CC3=O)CC2)cc1.CCCCCCCCOc1ccc([C@H]2CC[C@H](CC(=O)C3CCC(CCCCCCC)CC3=O)CC2)cc1. The van der Waals surface area contributed by atoms with E-state index in [9.17, 15) is 38.4 Å². The normalized spacial score (nSPS) is 24.8. The van der Waals surface area contributed by atoms with Crippen molar-refractivity contribution in [2.45, 2.75) is 522 Å². The molecule has 4 aromatic carbocycles. The molecule has 8 aliphatic rings. The molecular formula is C129H202O12. The molecule has 4 aromatic rings. The third-order valence-electron chi connectivity index (χ3n) is 34.5. The number of ketones is 8. The van der Waals surface area contributed by atoms with Crippen molar-refractivity contribution in [3.63, 3.8) is 0 Å². The van der Waals surface area contributed by atoms with Gasteiger partial charge in [0.1, 0.15) is 69.3 Å². The minimum atomic E-state index is -0.298. The Bertz CT molecular complexity index is 4030. The van der Waals surface area contributed by atoms with E-state index in [1.165, 1.54) is 208 Å². The summed E-state index contributed by atoms with van der Waals surface area (Å²) in [6.45, 7) is 21.1. The fraction of sp³-hybridized carbons (Fsp3) is 0.752. The number of hydrogen-bond donors (Lipinski definition) is 0. The monoisotopic (exact) mass is 1940 g/mol. The van der Waals surface area contributed by atoms with E-state index in [0.717, 1.165) is 255 Å². The highest BCUT2D eigenvalue weighted by Crippen LogP contribution is 2.46. The summed E-state index contributed by atoms with van der Waals surface area (Å²) in [5.74, 6) is 10.9. The molecule has 8 unspecified atom stereocenters. The van der Waals surface area contributed by atoms with Gasteiger partial charge in [-0.15, -0.1) is 0 Å². The van der Waals surface area contributed by atoms with Gasteiger partial charge < -0.3 is 18.9 Å². The van der Waals surface area contributed by atoms with Crippen LogP contribution in [0.5, 0.6) is 23.0 Å². The van der Waals surface area contributed by atoms with E-state index in [-0.39, 0.29) is 69.9 Å². The molecule has 8 aliphatic carbocycles. The number of ether oxygens (including phenoxy) is 4. The fourth-order valence-corrected chi connectivity index (χ4v) is 25.1. The number of Topliss-reactive ketones (excluding diaryl/α,β-unsaturated/α-hetero) is 8. The number of carbonyl (C=O) groups excluding carboxylic acids is 8. The topological polar surface area (TPSA) is 173 Å². The molecule has 0 amide bonds. The van der Waals surface area contributed by atoms with E-state index in [2.05, 4.69) is 152 Å². The predicted octanol–water partition coefficient (Wildman–Crippen LogP) is 35.7. The molecular weight excluding hydrogens is 1740 g/mol. The zero-order valence-electron chi connectivity index (χ0n) is 91.0. The van der Waals surface area contributed by atoms with Crippen molar-refractivity contribution in [3.05, 3.63) is 119 Å². The molecule has 0 saturated heterocycles. The predicted molar refractivity (Wildman–Crippen MR) is 585 cm³/mol. The summed E-state index contributed by atoms with van der Waals surface area (Å²) in [5.41, 5.74) is 5.62. The number of carbonyl (C=O) groups is 8. The van der Waals surface area contributed by atoms with Crippen LogP contribution in [0.2, 0.25) is 0 Å². The second-order valence-corrected chi connectivity index (χ2v) is 45.9. The lowest BCUT2D eigenvalue weighted by atomic mass is 9.73. The molecule has 141 heavy (non-hydrogen) atoms. The van der Waals surface area contributed by atoms with E-state index in [1.807, 2.05) is 0 Å². The largest absolute Gasteiger partial charge is 0.494 e. The van der Waals surface area contributed by atoms with E-state index in [0.29, 0.717) is 122 Å². The quantitative estimate of drug-likeness (QED) is 0.0303. The zero-order chi connectivity index (χ0) is 100. The Morgan fingerprint density at radius 3 is 0.624 bits per heavy atom. The van der Waals surface area contributed by atoms with Crippen LogP contribution in [-0.4, -0.2) is 72.7 Å². The summed E-state index contributed by atoms with van der Waals surface area (Å²) in [7, 11) is 0. The summed E-state index contributed by atoms with van der Waals surface area (Å²) in [6.07, 6.45) is 77.1. The fourth-order valence-electron chi connectivity index (χ4n) is 25.1. The Morgan fingerprint density at radius 1 is 0.206 bits per heavy atom. The van der Waals surface area contributed by atoms with Crippen molar-refractivity contribution >= 4 is 46.3 Å². The molecule has 0 spiro atoms. The Balaban J connectivity index is 0.000000210. The Labute approximate surface area is 860 Å². The second kappa shape index (κ2) is 70.3. The van der Waals surface area contributed by atoms with Gasteiger partial charge in [0, 0.05) is 51.4 Å². The van der Waals surface area contributed by atoms with Crippen LogP contribution < -0.4 is 18.9 Å². The van der Waals surface area contributed by atoms with Crippen LogP contribution in [0.1, 0.15) is 544 Å². The molecule has 8 saturated carbocycles. The Hall–Kier alpha value is -6.56. The van der Waals surface area contributed by atoms with E-state index in [1.54, 1.807) is 0 Å². The maximum Gasteiger partial charge on any atom is 0.143 e. The van der Waals surface area contributed by atoms with Crippen LogP contribution >= 0.6 is 0 Å². The average molecular weight is 1950 g/mol. The van der Waals surface area contributed by atoms with Gasteiger partial charge in [0.15, 0.2) is 0 Å². The van der Waals surface area contributed by atoms with Crippen molar-refractivity contribution in [1.82, 2.24) is 0 Å². The molecule has 0 heterocycles. The lowest BCUT2D eigenvalue weighted by Crippen LogP contribution is -2.32. The van der Waals surface area contributed by atoms with E-state index in [4.69, 9.17) is 18.9 Å². The zero-order valence-corrected chi connectivity index (χ0v) is 91.0. The molecule has 8 atom stereocenters. The third-order valence-corrected chi connectivity index (χ3v) is 34.5. The van der Waals surface area contributed by atoms with Gasteiger partial charge in [0.2, 0.25) is 0 Å². The van der Waals surface area contributed by atoms with Gasteiger partial charge in [0.05, 0.1) is 50.1 Å². The van der Waals surface area contributed by atoms with Crippen LogP contribution in [0.4, 0.5) is 0 Å². The van der Waals surface area contributed by atoms with Gasteiger partial charge in [-0.2, -0.15) is 0 Å². The van der Waals surface area contributed by atoms with Crippen molar-refractivity contribution in [2.24, 2.45) is 71.0 Å². The summed E-state index contributed by atoms with van der Waals surface area (Å²) in [5, 5.41) is 0. The first-order valence-corrected chi connectivity index (χ1v) is 60.0. The van der Waals surface area contributed by atoms with Crippen LogP contribution in [0, 0.1) is 71.0 Å². The first-order valence-electron chi connectivity index (χ1n) is 60.0. The molecule has 0 aliphatic heterocycles. The van der Waals surface area contributed by atoms with Gasteiger partial charge in [0.25, 0.3) is 0 Å². The molecule has 0 aromatic heterocycles. The maximum absolute atomic E-state index is 13.0.